The molecule has 0 radical (unpaired) electrons. The van der Waals surface area contributed by atoms with Gasteiger partial charge in [0.2, 0.25) is 10.0 Å². The maximum Gasteiger partial charge on any atom is 0.282 e. The second kappa shape index (κ2) is 8.14. The van der Waals surface area contributed by atoms with E-state index in [1.807, 2.05) is 4.90 Å². The highest BCUT2D eigenvalue weighted by Crippen LogP contribution is 2.37. The number of benzene rings is 2. The molecule has 0 aliphatic carbocycles. The van der Waals surface area contributed by atoms with Gasteiger partial charge in [-0.2, -0.15) is 0 Å². The van der Waals surface area contributed by atoms with Crippen molar-refractivity contribution in [3.63, 3.8) is 0 Å². The maximum absolute atomic E-state index is 13.6. The number of hydrogen-bond acceptors (Lipinski definition) is 5. The second-order valence-electron chi connectivity index (χ2n) is 8.57. The van der Waals surface area contributed by atoms with Crippen molar-refractivity contribution in [2.45, 2.75) is 25.2 Å². The van der Waals surface area contributed by atoms with Gasteiger partial charge >= 0.3 is 0 Å². The number of carbonyl (C=O) groups excluding carboxylic acids is 2. The number of amides is 2. The average Bonchev–Trinajstić information content (AvgIpc) is 2.97. The molecule has 0 bridgehead atoms. The molecule has 2 heterocycles. The zero-order valence-electron chi connectivity index (χ0n) is 17.8. The van der Waals surface area contributed by atoms with Crippen LogP contribution in [-0.2, 0) is 19.6 Å². The van der Waals surface area contributed by atoms with E-state index in [0.717, 1.165) is 11.3 Å². The first-order valence-corrected chi connectivity index (χ1v) is 11.9. The summed E-state index contributed by atoms with van der Waals surface area (Å²) in [5.41, 5.74) is 1.19. The molecule has 7 nitrogen and oxygen atoms in total. The maximum atomic E-state index is 13.6. The molecule has 2 unspecified atom stereocenters. The SMILES string of the molecule is CC1CC(C)CN(C2=C(c3ccc(F)cc3)C(=O)N(c3ccc(S(N)(=O)=O)cc3)C2=O)C1. The number of sulfonamides is 1. The lowest BCUT2D eigenvalue weighted by Crippen LogP contribution is -2.42. The standard InChI is InChI=1S/C23H24FN3O4S/c1-14-11-15(2)13-26(12-14)21-20(16-3-5-17(24)6-4-16)22(28)27(23(21)29)18-7-9-19(10-8-18)32(25,30)31/h3-10,14-15H,11-13H2,1-2H3,(H2,25,30,31). The summed E-state index contributed by atoms with van der Waals surface area (Å²) in [4.78, 5) is 29.9. The van der Waals surface area contributed by atoms with E-state index in [1.54, 1.807) is 0 Å². The van der Waals surface area contributed by atoms with Crippen LogP contribution in [0.1, 0.15) is 25.8 Å². The molecule has 2 amide bonds. The van der Waals surface area contributed by atoms with E-state index in [9.17, 15) is 22.4 Å². The highest BCUT2D eigenvalue weighted by atomic mass is 32.2. The van der Waals surface area contributed by atoms with Crippen LogP contribution in [-0.4, -0.2) is 38.2 Å². The Kier molecular flexibility index (Phi) is 5.64. The number of primary sulfonamides is 1. The Morgan fingerprint density at radius 2 is 1.47 bits per heavy atom. The molecule has 9 heteroatoms. The predicted molar refractivity (Wildman–Crippen MR) is 118 cm³/mol. The van der Waals surface area contributed by atoms with Crippen molar-refractivity contribution in [1.29, 1.82) is 0 Å². The van der Waals surface area contributed by atoms with Gasteiger partial charge in [-0.1, -0.05) is 26.0 Å². The average molecular weight is 458 g/mol. The van der Waals surface area contributed by atoms with Crippen molar-refractivity contribution in [2.24, 2.45) is 17.0 Å². The zero-order valence-corrected chi connectivity index (χ0v) is 18.6. The van der Waals surface area contributed by atoms with Crippen LogP contribution in [0.4, 0.5) is 10.1 Å². The molecule has 2 aromatic carbocycles. The number of anilines is 1. The summed E-state index contributed by atoms with van der Waals surface area (Å²) in [5, 5.41) is 5.15. The molecule has 2 aliphatic rings. The van der Waals surface area contributed by atoms with E-state index in [2.05, 4.69) is 13.8 Å². The Bertz CT molecular complexity index is 1200. The molecule has 2 aliphatic heterocycles. The van der Waals surface area contributed by atoms with Crippen LogP contribution < -0.4 is 10.0 Å². The molecule has 168 valence electrons. The fraction of sp³-hybridized carbons (Fsp3) is 0.304. The van der Waals surface area contributed by atoms with Crippen molar-refractivity contribution < 1.29 is 22.4 Å². The Morgan fingerprint density at radius 3 is 2.00 bits per heavy atom. The summed E-state index contributed by atoms with van der Waals surface area (Å²) in [5.74, 6) is -0.786. The highest BCUT2D eigenvalue weighted by Gasteiger charge is 2.43. The lowest BCUT2D eigenvalue weighted by molar-refractivity contribution is -0.120. The third-order valence-corrected chi connectivity index (χ3v) is 6.73. The zero-order chi connectivity index (χ0) is 23.2. The van der Waals surface area contributed by atoms with E-state index < -0.39 is 27.7 Å². The molecule has 1 saturated heterocycles. The van der Waals surface area contributed by atoms with Gasteiger partial charge in [-0.3, -0.25) is 9.59 Å². The number of hydrogen-bond donors (Lipinski definition) is 1. The van der Waals surface area contributed by atoms with E-state index >= 15 is 0 Å². The molecule has 0 saturated carbocycles. The van der Waals surface area contributed by atoms with Crippen molar-refractivity contribution in [3.8, 4) is 0 Å². The van der Waals surface area contributed by atoms with Crippen LogP contribution >= 0.6 is 0 Å². The minimum atomic E-state index is -3.91. The topological polar surface area (TPSA) is 101 Å². The molecular formula is C23H24FN3O4S. The number of carbonyl (C=O) groups is 2. The van der Waals surface area contributed by atoms with E-state index in [0.29, 0.717) is 30.5 Å². The number of piperidine rings is 1. The fourth-order valence-electron chi connectivity index (χ4n) is 4.55. The third-order valence-electron chi connectivity index (χ3n) is 5.80. The number of rotatable bonds is 4. The van der Waals surface area contributed by atoms with Gasteiger partial charge in [-0.05, 0) is 60.2 Å². The van der Waals surface area contributed by atoms with Crippen molar-refractivity contribution in [3.05, 3.63) is 65.6 Å². The van der Waals surface area contributed by atoms with Gasteiger partial charge in [0.1, 0.15) is 11.5 Å². The van der Waals surface area contributed by atoms with Crippen LogP contribution in [0.2, 0.25) is 0 Å². The van der Waals surface area contributed by atoms with Gasteiger partial charge in [-0.25, -0.2) is 22.8 Å². The molecule has 0 spiro atoms. The summed E-state index contributed by atoms with van der Waals surface area (Å²) in [6.07, 6.45) is 1.02. The smallest absolute Gasteiger partial charge is 0.282 e. The first-order chi connectivity index (χ1) is 15.1. The quantitative estimate of drug-likeness (QED) is 0.712. The lowest BCUT2D eigenvalue weighted by Gasteiger charge is -2.37. The Hall–Kier alpha value is -3.04. The summed E-state index contributed by atoms with van der Waals surface area (Å²) in [6, 6.07) is 10.7. The summed E-state index contributed by atoms with van der Waals surface area (Å²) in [7, 11) is -3.91. The van der Waals surface area contributed by atoms with E-state index in [4.69, 9.17) is 5.14 Å². The molecular weight excluding hydrogens is 433 g/mol. The summed E-state index contributed by atoms with van der Waals surface area (Å²) in [6.45, 7) is 5.46. The van der Waals surface area contributed by atoms with E-state index in [-0.39, 0.29) is 21.9 Å². The molecule has 0 aromatic heterocycles. The number of nitrogens with two attached hydrogens (primary N) is 1. The molecule has 2 atom stereocenters. The van der Waals surface area contributed by atoms with Gasteiger partial charge in [0, 0.05) is 13.1 Å². The van der Waals surface area contributed by atoms with Gasteiger partial charge in [0.05, 0.1) is 16.2 Å². The number of halogens is 1. The summed E-state index contributed by atoms with van der Waals surface area (Å²) >= 11 is 0. The predicted octanol–water partition coefficient (Wildman–Crippen LogP) is 2.74. The molecule has 4 rings (SSSR count). The largest absolute Gasteiger partial charge is 0.366 e. The number of nitrogens with zero attached hydrogens (tertiary/aromatic N) is 2. The minimum absolute atomic E-state index is 0.119. The van der Waals surface area contributed by atoms with Crippen LogP contribution in [0.15, 0.2) is 59.1 Å². The summed E-state index contributed by atoms with van der Waals surface area (Å²) < 4.78 is 36.7. The van der Waals surface area contributed by atoms with Crippen LogP contribution in [0.3, 0.4) is 0 Å². The molecule has 32 heavy (non-hydrogen) atoms. The first kappa shape index (κ1) is 22.2. The van der Waals surface area contributed by atoms with Crippen molar-refractivity contribution in [1.82, 2.24) is 4.90 Å². The van der Waals surface area contributed by atoms with Gasteiger partial charge < -0.3 is 4.90 Å². The van der Waals surface area contributed by atoms with E-state index in [1.165, 1.54) is 48.5 Å². The van der Waals surface area contributed by atoms with Crippen molar-refractivity contribution in [2.75, 3.05) is 18.0 Å². The molecule has 2 aromatic rings. The third kappa shape index (κ3) is 4.05. The first-order valence-electron chi connectivity index (χ1n) is 10.3. The van der Waals surface area contributed by atoms with Gasteiger partial charge in [-0.15, -0.1) is 0 Å². The Morgan fingerprint density at radius 1 is 0.906 bits per heavy atom. The molecule has 1 fully saturated rings. The Labute approximate surface area is 186 Å². The Balaban J connectivity index is 1.80. The monoisotopic (exact) mass is 457 g/mol. The van der Waals surface area contributed by atoms with Crippen molar-refractivity contribution >= 4 is 33.1 Å². The number of imide groups is 1. The van der Waals surface area contributed by atoms with Crippen LogP contribution in [0.5, 0.6) is 0 Å². The lowest BCUT2D eigenvalue weighted by atomic mass is 9.91. The highest BCUT2D eigenvalue weighted by molar-refractivity contribution is 7.89. The van der Waals surface area contributed by atoms with Gasteiger partial charge in [0.15, 0.2) is 0 Å². The minimum Gasteiger partial charge on any atom is -0.366 e. The van der Waals surface area contributed by atoms with Crippen LogP contribution in [0, 0.1) is 17.7 Å². The van der Waals surface area contributed by atoms with Crippen LogP contribution in [0.25, 0.3) is 5.57 Å². The molecule has 2 N–H and O–H groups in total. The second-order valence-corrected chi connectivity index (χ2v) is 10.1. The van der Waals surface area contributed by atoms with Gasteiger partial charge in [0.25, 0.3) is 11.8 Å². The normalized spacial score (nSPS) is 22.1. The fourth-order valence-corrected chi connectivity index (χ4v) is 5.07. The number of likely N-dealkylation sites (tertiary alicyclic amines) is 1.